The Hall–Kier alpha value is -2.49. The van der Waals surface area contributed by atoms with E-state index in [1.165, 1.54) is 16.8 Å². The summed E-state index contributed by atoms with van der Waals surface area (Å²) in [6, 6.07) is 7.31. The van der Waals surface area contributed by atoms with Crippen LogP contribution in [0.15, 0.2) is 46.2 Å². The Balaban J connectivity index is 0.00000245. The second kappa shape index (κ2) is 9.17. The lowest BCUT2D eigenvalue weighted by molar-refractivity contribution is 0.0464. The monoisotopic (exact) mass is 462 g/mol. The van der Waals surface area contributed by atoms with E-state index in [9.17, 15) is 9.59 Å². The lowest BCUT2D eigenvalue weighted by atomic mass is 9.92. The van der Waals surface area contributed by atoms with Crippen LogP contribution in [0, 0.1) is 0 Å². The highest BCUT2D eigenvalue weighted by molar-refractivity contribution is 5.87. The molecule has 0 radical (unpaired) electrons. The molecule has 4 heterocycles. The molecule has 0 saturated carbocycles. The Labute approximate surface area is 190 Å². The minimum Gasteiger partial charge on any atom is -0.316 e. The zero-order chi connectivity index (χ0) is 21.4. The fourth-order valence-corrected chi connectivity index (χ4v) is 4.92. The summed E-state index contributed by atoms with van der Waals surface area (Å²) in [6.45, 7) is 3.73. The highest BCUT2D eigenvalue weighted by Gasteiger charge is 2.35. The van der Waals surface area contributed by atoms with Crippen molar-refractivity contribution in [3.8, 4) is 5.69 Å². The van der Waals surface area contributed by atoms with Gasteiger partial charge in [0.2, 0.25) is 0 Å². The number of hydrogen-bond donors (Lipinski definition) is 2. The number of H-pyrrole nitrogens is 1. The first kappa shape index (κ1) is 22.7. The molecule has 0 spiro atoms. The molecule has 2 N–H and O–H groups in total. The maximum Gasteiger partial charge on any atom is 0.332 e. The van der Waals surface area contributed by atoms with E-state index in [2.05, 4.69) is 20.3 Å². The summed E-state index contributed by atoms with van der Waals surface area (Å²) in [4.78, 5) is 28.2. The molecular weight excluding hydrogens is 435 g/mol. The van der Waals surface area contributed by atoms with Gasteiger partial charge in [0, 0.05) is 37.3 Å². The highest BCUT2D eigenvalue weighted by atomic mass is 35.5. The minimum atomic E-state index is -1.07. The van der Waals surface area contributed by atoms with Gasteiger partial charge >= 0.3 is 5.69 Å². The van der Waals surface area contributed by atoms with Gasteiger partial charge in [-0.15, -0.1) is 12.4 Å². The Kier molecular flexibility index (Phi) is 6.50. The molecule has 0 atom stereocenters. The standard InChI is InChI=1S/C22H27FN6O2.ClH/c23-22(7-9-24-10-8-22)15-27-11-4-16(5-12-27)29-19-3-1-2-18(17(19)14-25-29)28-13-6-20(30)26-21(28)31;/h1-3,6,13-14,16,24H,4-5,7-12,15H2,(H,26,30,31);1H. The third-order valence-electron chi connectivity index (χ3n) is 6.61. The first-order chi connectivity index (χ1) is 15.0. The van der Waals surface area contributed by atoms with Gasteiger partial charge in [0.15, 0.2) is 0 Å². The zero-order valence-corrected chi connectivity index (χ0v) is 18.6. The molecule has 2 aliphatic rings. The quantitative estimate of drug-likeness (QED) is 0.619. The number of aromatic nitrogens is 4. The van der Waals surface area contributed by atoms with Crippen LogP contribution in [0.5, 0.6) is 0 Å². The largest absolute Gasteiger partial charge is 0.332 e. The molecule has 32 heavy (non-hydrogen) atoms. The molecule has 0 unspecified atom stereocenters. The summed E-state index contributed by atoms with van der Waals surface area (Å²) in [6.07, 6.45) is 6.26. The number of piperidine rings is 2. The number of rotatable bonds is 4. The van der Waals surface area contributed by atoms with Crippen LogP contribution in [0.2, 0.25) is 0 Å². The van der Waals surface area contributed by atoms with E-state index < -0.39 is 16.9 Å². The molecule has 2 aromatic heterocycles. The van der Waals surface area contributed by atoms with Crippen LogP contribution in [-0.2, 0) is 0 Å². The maximum atomic E-state index is 15.0. The number of nitrogens with zero attached hydrogens (tertiary/aromatic N) is 4. The molecule has 0 amide bonds. The predicted octanol–water partition coefficient (Wildman–Crippen LogP) is 2.03. The number of halogens is 2. The molecule has 8 nitrogen and oxygen atoms in total. The fraction of sp³-hybridized carbons (Fsp3) is 0.500. The van der Waals surface area contributed by atoms with Crippen LogP contribution in [0.3, 0.4) is 0 Å². The molecule has 3 aromatic rings. The predicted molar refractivity (Wildman–Crippen MR) is 124 cm³/mol. The van der Waals surface area contributed by atoms with Gasteiger partial charge in [0.05, 0.1) is 23.4 Å². The fourth-order valence-electron chi connectivity index (χ4n) is 4.92. The number of likely N-dealkylation sites (tertiary alicyclic amines) is 1. The maximum absolute atomic E-state index is 15.0. The van der Waals surface area contributed by atoms with Crippen molar-refractivity contribution in [1.82, 2.24) is 29.5 Å². The van der Waals surface area contributed by atoms with E-state index in [-0.39, 0.29) is 18.4 Å². The third-order valence-corrected chi connectivity index (χ3v) is 6.61. The molecular formula is C22H28ClFN6O2. The second-order valence-corrected chi connectivity index (χ2v) is 8.69. The Morgan fingerprint density at radius 2 is 1.88 bits per heavy atom. The number of alkyl halides is 1. The van der Waals surface area contributed by atoms with Gasteiger partial charge in [0.25, 0.3) is 5.56 Å². The van der Waals surface area contributed by atoms with E-state index >= 15 is 4.39 Å². The third kappa shape index (κ3) is 4.37. The summed E-state index contributed by atoms with van der Waals surface area (Å²) >= 11 is 0. The average molecular weight is 463 g/mol. The van der Waals surface area contributed by atoms with Crippen molar-refractivity contribution in [2.75, 3.05) is 32.7 Å². The topological polar surface area (TPSA) is 87.9 Å². The van der Waals surface area contributed by atoms with E-state index in [1.807, 2.05) is 22.9 Å². The van der Waals surface area contributed by atoms with Crippen LogP contribution in [0.4, 0.5) is 4.39 Å². The number of nitrogens with one attached hydrogen (secondary N) is 2. The van der Waals surface area contributed by atoms with Crippen molar-refractivity contribution in [2.24, 2.45) is 0 Å². The van der Waals surface area contributed by atoms with Gasteiger partial charge in [-0.25, -0.2) is 9.18 Å². The summed E-state index contributed by atoms with van der Waals surface area (Å²) in [5.41, 5.74) is -0.327. The van der Waals surface area contributed by atoms with E-state index in [0.29, 0.717) is 25.1 Å². The molecule has 10 heteroatoms. The summed E-state index contributed by atoms with van der Waals surface area (Å²) in [5.74, 6) is 0. The number of aromatic amines is 1. The first-order valence-corrected chi connectivity index (χ1v) is 10.9. The summed E-state index contributed by atoms with van der Waals surface area (Å²) in [7, 11) is 0. The van der Waals surface area contributed by atoms with Crippen molar-refractivity contribution >= 4 is 23.3 Å². The number of fused-ring (bicyclic) bond motifs is 1. The smallest absolute Gasteiger partial charge is 0.316 e. The molecule has 2 aliphatic heterocycles. The van der Waals surface area contributed by atoms with Gasteiger partial charge < -0.3 is 10.2 Å². The van der Waals surface area contributed by atoms with E-state index in [1.54, 1.807) is 6.20 Å². The van der Waals surface area contributed by atoms with Gasteiger partial charge in [-0.1, -0.05) is 6.07 Å². The minimum absolute atomic E-state index is 0. The van der Waals surface area contributed by atoms with Gasteiger partial charge in [-0.2, -0.15) is 5.10 Å². The van der Waals surface area contributed by atoms with Crippen molar-refractivity contribution in [3.63, 3.8) is 0 Å². The van der Waals surface area contributed by atoms with Gasteiger partial charge in [-0.05, 0) is 50.9 Å². The Bertz CT molecular complexity index is 1190. The molecule has 0 aliphatic carbocycles. The first-order valence-electron chi connectivity index (χ1n) is 10.9. The molecule has 2 saturated heterocycles. The molecule has 0 bridgehead atoms. The summed E-state index contributed by atoms with van der Waals surface area (Å²) in [5, 5.41) is 8.73. The molecule has 172 valence electrons. The van der Waals surface area contributed by atoms with Crippen LogP contribution in [0.25, 0.3) is 16.6 Å². The van der Waals surface area contributed by atoms with Crippen molar-refractivity contribution in [2.45, 2.75) is 37.4 Å². The lowest BCUT2D eigenvalue weighted by Crippen LogP contribution is -2.48. The van der Waals surface area contributed by atoms with Crippen LogP contribution >= 0.6 is 12.4 Å². The number of benzene rings is 1. The van der Waals surface area contributed by atoms with Gasteiger partial charge in [0.1, 0.15) is 5.67 Å². The van der Waals surface area contributed by atoms with Crippen molar-refractivity contribution < 1.29 is 4.39 Å². The SMILES string of the molecule is Cl.O=c1ccn(-c2cccc3c2cnn3C2CCN(CC3(F)CCNCC3)CC2)c(=O)[nH]1. The van der Waals surface area contributed by atoms with Crippen LogP contribution < -0.4 is 16.6 Å². The zero-order valence-electron chi connectivity index (χ0n) is 17.8. The van der Waals surface area contributed by atoms with Crippen molar-refractivity contribution in [1.29, 1.82) is 0 Å². The average Bonchev–Trinajstić information content (AvgIpc) is 3.19. The van der Waals surface area contributed by atoms with E-state index in [0.717, 1.165) is 49.9 Å². The normalized spacial score (nSPS) is 19.7. The second-order valence-electron chi connectivity index (χ2n) is 8.69. The molecule has 1 aromatic carbocycles. The Morgan fingerprint density at radius 1 is 1.12 bits per heavy atom. The molecule has 2 fully saturated rings. The lowest BCUT2D eigenvalue weighted by Gasteiger charge is -2.38. The highest BCUT2D eigenvalue weighted by Crippen LogP contribution is 2.31. The number of hydrogen-bond acceptors (Lipinski definition) is 5. The van der Waals surface area contributed by atoms with E-state index in [4.69, 9.17) is 0 Å². The van der Waals surface area contributed by atoms with Crippen LogP contribution in [-0.4, -0.2) is 62.6 Å². The summed E-state index contributed by atoms with van der Waals surface area (Å²) < 4.78 is 18.5. The van der Waals surface area contributed by atoms with Crippen molar-refractivity contribution in [3.05, 3.63) is 57.5 Å². The Morgan fingerprint density at radius 3 is 2.59 bits per heavy atom. The molecule has 5 rings (SSSR count). The van der Waals surface area contributed by atoms with Gasteiger partial charge in [-0.3, -0.25) is 19.0 Å². The van der Waals surface area contributed by atoms with Crippen LogP contribution in [0.1, 0.15) is 31.7 Å².